The highest BCUT2D eigenvalue weighted by Gasteiger charge is 2.20. The number of aromatic nitrogens is 2. The number of aryl methyl sites for hydroxylation is 2. The molecule has 0 fully saturated rings. The van der Waals surface area contributed by atoms with Crippen LogP contribution in [0.2, 0.25) is 0 Å². The van der Waals surface area contributed by atoms with Crippen LogP contribution in [0.1, 0.15) is 45.0 Å². The van der Waals surface area contributed by atoms with E-state index in [1.165, 1.54) is 23.3 Å². The van der Waals surface area contributed by atoms with E-state index < -0.39 is 5.97 Å². The molecular weight excluding hydrogens is 374 g/mol. The van der Waals surface area contributed by atoms with Crippen LogP contribution in [0.4, 0.5) is 0 Å². The Kier molecular flexibility index (Phi) is 4.80. The van der Waals surface area contributed by atoms with Crippen LogP contribution in [0.5, 0.6) is 0 Å². The van der Waals surface area contributed by atoms with Crippen molar-refractivity contribution in [1.82, 2.24) is 9.97 Å². The van der Waals surface area contributed by atoms with E-state index >= 15 is 0 Å². The Labute approximate surface area is 165 Å². The summed E-state index contributed by atoms with van der Waals surface area (Å²) in [6, 6.07) is 8.91. The minimum Gasteiger partial charge on any atom is -0.465 e. The van der Waals surface area contributed by atoms with Gasteiger partial charge in [0.25, 0.3) is 5.56 Å². The van der Waals surface area contributed by atoms with Gasteiger partial charge in [0.15, 0.2) is 5.82 Å². The molecule has 0 unspecified atom stereocenters. The Hall–Kier alpha value is -3.24. The molecule has 0 atom stereocenters. The zero-order chi connectivity index (χ0) is 19.7. The number of hydrogen-bond donors (Lipinski definition) is 1. The fourth-order valence-electron chi connectivity index (χ4n) is 3.52. The van der Waals surface area contributed by atoms with Crippen LogP contribution < -0.4 is 5.56 Å². The molecule has 28 heavy (non-hydrogen) atoms. The van der Waals surface area contributed by atoms with Crippen molar-refractivity contribution in [3.8, 4) is 6.07 Å². The van der Waals surface area contributed by atoms with Gasteiger partial charge < -0.3 is 9.72 Å². The number of nitriles is 1. The largest absolute Gasteiger partial charge is 0.465 e. The first kappa shape index (κ1) is 18.1. The van der Waals surface area contributed by atoms with Crippen LogP contribution in [0.15, 0.2) is 29.1 Å². The maximum atomic E-state index is 12.7. The Bertz CT molecular complexity index is 1210. The topological polar surface area (TPSA) is 95.8 Å². The molecule has 0 bridgehead atoms. The first-order valence-corrected chi connectivity index (χ1v) is 9.78. The van der Waals surface area contributed by atoms with Crippen molar-refractivity contribution >= 4 is 39.2 Å². The van der Waals surface area contributed by atoms with Crippen molar-refractivity contribution in [2.24, 2.45) is 0 Å². The summed E-state index contributed by atoms with van der Waals surface area (Å²) < 4.78 is 4.80. The first-order chi connectivity index (χ1) is 13.6. The second-order valence-corrected chi connectivity index (χ2v) is 7.64. The van der Waals surface area contributed by atoms with Crippen LogP contribution in [-0.4, -0.2) is 23.0 Å². The highest BCUT2D eigenvalue weighted by molar-refractivity contribution is 7.18. The zero-order valence-electron chi connectivity index (χ0n) is 15.2. The van der Waals surface area contributed by atoms with Gasteiger partial charge in [0.05, 0.1) is 23.6 Å². The molecule has 2 aromatic heterocycles. The molecule has 1 aromatic carbocycles. The van der Waals surface area contributed by atoms with Gasteiger partial charge in [-0.15, -0.1) is 11.3 Å². The lowest BCUT2D eigenvalue weighted by atomic mass is 9.97. The number of thiophene rings is 1. The van der Waals surface area contributed by atoms with Crippen molar-refractivity contribution < 1.29 is 9.53 Å². The van der Waals surface area contributed by atoms with Crippen molar-refractivity contribution in [1.29, 1.82) is 5.26 Å². The molecule has 0 radical (unpaired) electrons. The molecule has 140 valence electrons. The number of carbonyl (C=O) groups is 1. The normalized spacial score (nSPS) is 13.8. The zero-order valence-corrected chi connectivity index (χ0v) is 16.1. The predicted molar refractivity (Wildman–Crippen MR) is 108 cm³/mol. The Morgan fingerprint density at radius 3 is 2.89 bits per heavy atom. The van der Waals surface area contributed by atoms with Gasteiger partial charge in [0.2, 0.25) is 0 Å². The molecule has 1 N–H and O–H groups in total. The Morgan fingerprint density at radius 1 is 1.32 bits per heavy atom. The monoisotopic (exact) mass is 391 g/mol. The Balaban J connectivity index is 1.85. The molecule has 1 aliphatic rings. The standard InChI is InChI=1S/C21H17N3O3S/c1-27-21(26)14-7-3-2-6-12(14)10-13(11-22)18-23-19(25)17-15-8-4-5-9-16(15)28-20(17)24-18/h2-3,6-7,10H,4-5,8-9H2,1H3,(H,23,24,25)/b13-10+. The van der Waals surface area contributed by atoms with Crippen molar-refractivity contribution in [3.63, 3.8) is 0 Å². The third-order valence-electron chi connectivity index (χ3n) is 4.87. The molecule has 0 saturated heterocycles. The van der Waals surface area contributed by atoms with E-state index in [-0.39, 0.29) is 17.0 Å². The number of H-pyrrole nitrogens is 1. The van der Waals surface area contributed by atoms with Gasteiger partial charge in [-0.25, -0.2) is 9.78 Å². The maximum absolute atomic E-state index is 12.7. The molecule has 2 heterocycles. The number of esters is 1. The predicted octanol–water partition coefficient (Wildman–Crippen LogP) is 3.71. The van der Waals surface area contributed by atoms with Gasteiger partial charge in [-0.2, -0.15) is 5.26 Å². The fraction of sp³-hybridized carbons (Fsp3) is 0.238. The number of carbonyl (C=O) groups excluding carboxylic acids is 1. The summed E-state index contributed by atoms with van der Waals surface area (Å²) in [5, 5.41) is 10.3. The van der Waals surface area contributed by atoms with E-state index in [0.29, 0.717) is 21.3 Å². The lowest BCUT2D eigenvalue weighted by Crippen LogP contribution is -2.12. The molecule has 0 spiro atoms. The van der Waals surface area contributed by atoms with Crippen molar-refractivity contribution in [2.75, 3.05) is 7.11 Å². The van der Waals surface area contributed by atoms with Crippen LogP contribution >= 0.6 is 11.3 Å². The van der Waals surface area contributed by atoms with E-state index in [4.69, 9.17) is 4.74 Å². The lowest BCUT2D eigenvalue weighted by molar-refractivity contribution is 0.0600. The number of methoxy groups -OCH3 is 1. The average Bonchev–Trinajstić information content (AvgIpc) is 3.10. The van der Waals surface area contributed by atoms with Crippen LogP contribution in [0.25, 0.3) is 21.9 Å². The summed E-state index contributed by atoms with van der Waals surface area (Å²) in [6.07, 6.45) is 5.61. The number of ether oxygens (including phenoxy) is 1. The molecule has 0 amide bonds. The minimum absolute atomic E-state index is 0.182. The SMILES string of the molecule is COC(=O)c1ccccc1/C=C(\C#N)c1nc2sc3c(c2c(=O)[nH]1)CCCC3. The van der Waals surface area contributed by atoms with Gasteiger partial charge >= 0.3 is 5.97 Å². The smallest absolute Gasteiger partial charge is 0.338 e. The number of aromatic amines is 1. The summed E-state index contributed by atoms with van der Waals surface area (Å²) in [6.45, 7) is 0. The molecule has 0 saturated carbocycles. The van der Waals surface area contributed by atoms with Crippen LogP contribution in [0.3, 0.4) is 0 Å². The third kappa shape index (κ3) is 3.12. The number of fused-ring (bicyclic) bond motifs is 3. The molecule has 7 heteroatoms. The van der Waals surface area contributed by atoms with E-state index in [2.05, 4.69) is 16.0 Å². The summed E-state index contributed by atoms with van der Waals surface area (Å²) >= 11 is 1.53. The number of nitrogens with one attached hydrogen (secondary N) is 1. The van der Waals surface area contributed by atoms with Gasteiger partial charge in [-0.3, -0.25) is 4.79 Å². The first-order valence-electron chi connectivity index (χ1n) is 8.96. The van der Waals surface area contributed by atoms with Crippen LogP contribution in [0, 0.1) is 11.3 Å². The summed E-state index contributed by atoms with van der Waals surface area (Å²) in [5.74, 6) is -0.287. The third-order valence-corrected chi connectivity index (χ3v) is 6.05. The van der Waals surface area contributed by atoms with E-state index in [0.717, 1.165) is 31.2 Å². The summed E-state index contributed by atoms with van der Waals surface area (Å²) in [5.41, 5.74) is 1.93. The fourth-order valence-corrected chi connectivity index (χ4v) is 4.78. The Morgan fingerprint density at radius 2 is 2.11 bits per heavy atom. The van der Waals surface area contributed by atoms with E-state index in [1.807, 2.05) is 0 Å². The number of nitrogens with zero attached hydrogens (tertiary/aromatic N) is 2. The van der Waals surface area contributed by atoms with Gasteiger partial charge in [-0.05, 0) is 49.0 Å². The lowest BCUT2D eigenvalue weighted by Gasteiger charge is -2.09. The maximum Gasteiger partial charge on any atom is 0.338 e. The average molecular weight is 391 g/mol. The van der Waals surface area contributed by atoms with Gasteiger partial charge in [0.1, 0.15) is 10.9 Å². The van der Waals surface area contributed by atoms with E-state index in [1.54, 1.807) is 30.3 Å². The highest BCUT2D eigenvalue weighted by atomic mass is 32.1. The molecule has 4 rings (SSSR count). The molecular formula is C21H17N3O3S. The summed E-state index contributed by atoms with van der Waals surface area (Å²) in [7, 11) is 1.31. The minimum atomic E-state index is -0.494. The van der Waals surface area contributed by atoms with E-state index in [9.17, 15) is 14.9 Å². The second kappa shape index (κ2) is 7.41. The second-order valence-electron chi connectivity index (χ2n) is 6.55. The van der Waals surface area contributed by atoms with Gasteiger partial charge in [0, 0.05) is 4.88 Å². The molecule has 6 nitrogen and oxygen atoms in total. The molecule has 0 aliphatic heterocycles. The summed E-state index contributed by atoms with van der Waals surface area (Å²) in [4.78, 5) is 33.9. The highest BCUT2D eigenvalue weighted by Crippen LogP contribution is 2.34. The van der Waals surface area contributed by atoms with Crippen molar-refractivity contribution in [3.05, 3.63) is 62.0 Å². The number of allylic oxidation sites excluding steroid dienone is 1. The number of benzene rings is 1. The number of hydrogen-bond acceptors (Lipinski definition) is 6. The molecule has 3 aromatic rings. The van der Waals surface area contributed by atoms with Crippen molar-refractivity contribution in [2.45, 2.75) is 25.7 Å². The molecule has 1 aliphatic carbocycles. The number of rotatable bonds is 3. The van der Waals surface area contributed by atoms with Gasteiger partial charge in [-0.1, -0.05) is 18.2 Å². The van der Waals surface area contributed by atoms with Crippen LogP contribution in [-0.2, 0) is 17.6 Å². The quantitative estimate of drug-likeness (QED) is 0.542.